The van der Waals surface area contributed by atoms with E-state index in [1.807, 2.05) is 48.5 Å². The van der Waals surface area contributed by atoms with Gasteiger partial charge in [-0.2, -0.15) is 0 Å². The topological polar surface area (TPSA) is 93.1 Å². The van der Waals surface area contributed by atoms with Crippen LogP contribution >= 0.6 is 0 Å². The van der Waals surface area contributed by atoms with Crippen LogP contribution in [0.15, 0.2) is 0 Å². The number of fused-ring (bicyclic) bond motifs is 2. The van der Waals surface area contributed by atoms with E-state index >= 15 is 0 Å². The van der Waals surface area contributed by atoms with Crippen LogP contribution in [0.25, 0.3) is 0 Å². The van der Waals surface area contributed by atoms with E-state index in [0.29, 0.717) is 12.8 Å². The number of carbonyl (C=O) groups excluding carboxylic acids is 2. The monoisotopic (exact) mass is 412 g/mol. The van der Waals surface area contributed by atoms with E-state index in [-0.39, 0.29) is 24.0 Å². The molecule has 2 rings (SSSR count). The van der Waals surface area contributed by atoms with Crippen molar-refractivity contribution < 1.29 is 29.3 Å². The highest BCUT2D eigenvalue weighted by Gasteiger charge is 2.54. The molecule has 6 nitrogen and oxygen atoms in total. The Balaban J connectivity index is 2.47. The molecule has 2 aliphatic rings. The van der Waals surface area contributed by atoms with Gasteiger partial charge in [-0.1, -0.05) is 48.5 Å². The highest BCUT2D eigenvalue weighted by atomic mass is 16.6. The van der Waals surface area contributed by atoms with Crippen molar-refractivity contribution in [1.82, 2.24) is 0 Å². The fourth-order valence-electron chi connectivity index (χ4n) is 5.56. The summed E-state index contributed by atoms with van der Waals surface area (Å²) in [6, 6.07) is 0. The van der Waals surface area contributed by atoms with Crippen LogP contribution in [-0.4, -0.2) is 51.5 Å². The molecule has 2 saturated heterocycles. The molecule has 0 aliphatic carbocycles. The fraction of sp³-hybridized carbons (Fsp3) is 0.913. The van der Waals surface area contributed by atoms with Crippen LogP contribution in [0.2, 0.25) is 0 Å². The van der Waals surface area contributed by atoms with Crippen molar-refractivity contribution in [2.75, 3.05) is 0 Å². The van der Waals surface area contributed by atoms with Crippen LogP contribution in [0.4, 0.5) is 0 Å². The molecule has 2 unspecified atom stereocenters. The third-order valence-corrected chi connectivity index (χ3v) is 7.37. The number of aliphatic hydroxyl groups excluding tert-OH is 1. The lowest BCUT2D eigenvalue weighted by atomic mass is 9.65. The molecule has 0 aromatic carbocycles. The van der Waals surface area contributed by atoms with E-state index in [4.69, 9.17) is 9.47 Å². The van der Waals surface area contributed by atoms with Crippen LogP contribution < -0.4 is 0 Å². The zero-order chi connectivity index (χ0) is 22.4. The maximum Gasteiger partial charge on any atom is 0.313 e. The molecule has 2 fully saturated rings. The zero-order valence-electron chi connectivity index (χ0n) is 19.3. The standard InChI is InChI=1S/C23H40O6/c1-9-23(27,21(5,6)7)15(4)20-18(26)19-14(3)12-22(8,29-19)11-13(2)16(24)10-17(25)28-20/h13-15,18-20,26-27H,9-12H2,1-8H3/t13-,14?,15+,18-,19?,20+,22+,23-/m1/s1. The van der Waals surface area contributed by atoms with Crippen molar-refractivity contribution in [3.05, 3.63) is 0 Å². The largest absolute Gasteiger partial charge is 0.459 e. The molecule has 8 atom stereocenters. The Bertz CT molecular complexity index is 625. The minimum absolute atomic E-state index is 0.0366. The van der Waals surface area contributed by atoms with E-state index in [1.165, 1.54) is 0 Å². The molecule has 2 bridgehead atoms. The molecule has 0 amide bonds. The summed E-state index contributed by atoms with van der Waals surface area (Å²) in [6.45, 7) is 15.3. The highest BCUT2D eigenvalue weighted by molar-refractivity contribution is 5.96. The smallest absolute Gasteiger partial charge is 0.313 e. The van der Waals surface area contributed by atoms with E-state index < -0.39 is 46.8 Å². The Kier molecular flexibility index (Phi) is 6.93. The van der Waals surface area contributed by atoms with Gasteiger partial charge in [0.15, 0.2) is 0 Å². The number of esters is 1. The Labute approximate surface area is 175 Å². The van der Waals surface area contributed by atoms with Gasteiger partial charge in [0.05, 0.1) is 17.3 Å². The van der Waals surface area contributed by atoms with Crippen LogP contribution in [0.5, 0.6) is 0 Å². The van der Waals surface area contributed by atoms with Gasteiger partial charge in [-0.25, -0.2) is 0 Å². The quantitative estimate of drug-likeness (QED) is 0.546. The molecule has 2 heterocycles. The van der Waals surface area contributed by atoms with Gasteiger partial charge in [0.25, 0.3) is 0 Å². The first-order valence-corrected chi connectivity index (χ1v) is 11.0. The molecule has 0 saturated carbocycles. The lowest BCUT2D eigenvalue weighted by Gasteiger charge is -2.48. The second kappa shape index (κ2) is 8.27. The Morgan fingerprint density at radius 1 is 1.21 bits per heavy atom. The molecular formula is C23H40O6. The lowest BCUT2D eigenvalue weighted by molar-refractivity contribution is -0.199. The van der Waals surface area contributed by atoms with Crippen LogP contribution in [0.1, 0.15) is 81.1 Å². The highest BCUT2D eigenvalue weighted by Crippen LogP contribution is 2.46. The van der Waals surface area contributed by atoms with Crippen molar-refractivity contribution in [2.45, 2.75) is 111 Å². The zero-order valence-corrected chi connectivity index (χ0v) is 19.3. The van der Waals surface area contributed by atoms with E-state index in [1.54, 1.807) is 6.92 Å². The van der Waals surface area contributed by atoms with E-state index in [2.05, 4.69) is 0 Å². The first kappa shape index (κ1) is 24.3. The van der Waals surface area contributed by atoms with Gasteiger partial charge in [-0.15, -0.1) is 0 Å². The minimum Gasteiger partial charge on any atom is -0.459 e. The predicted octanol–water partition coefficient (Wildman–Crippen LogP) is 3.27. The minimum atomic E-state index is -1.18. The van der Waals surface area contributed by atoms with Crippen molar-refractivity contribution >= 4 is 11.8 Å². The normalized spacial score (nSPS) is 40.0. The summed E-state index contributed by atoms with van der Waals surface area (Å²) < 4.78 is 12.0. The summed E-state index contributed by atoms with van der Waals surface area (Å²) in [4.78, 5) is 25.1. The molecule has 0 spiro atoms. The number of ether oxygens (including phenoxy) is 2. The van der Waals surface area contributed by atoms with Gasteiger partial charge in [0, 0.05) is 11.8 Å². The molecule has 0 radical (unpaired) electrons. The van der Waals surface area contributed by atoms with E-state index in [0.717, 1.165) is 6.42 Å². The van der Waals surface area contributed by atoms with Gasteiger partial charge in [-0.05, 0) is 37.5 Å². The molecule has 168 valence electrons. The SMILES string of the molecule is CC[C@@](O)([C@@H](C)[C@@H]1OC(=O)CC(=O)[C@H](C)C[C@@]2(C)CC(C)C(O2)[C@H]1O)C(C)(C)C. The molecule has 2 N–H and O–H groups in total. The number of aliphatic hydroxyl groups is 2. The number of cyclic esters (lactones) is 1. The number of rotatable bonds is 3. The summed E-state index contributed by atoms with van der Waals surface area (Å²) in [7, 11) is 0. The van der Waals surface area contributed by atoms with Crippen molar-refractivity contribution in [2.24, 2.45) is 23.2 Å². The number of carbonyl (C=O) groups is 2. The summed E-state index contributed by atoms with van der Waals surface area (Å²) >= 11 is 0. The number of ketones is 1. The maximum atomic E-state index is 12.6. The van der Waals surface area contributed by atoms with Gasteiger partial charge in [0.1, 0.15) is 24.4 Å². The van der Waals surface area contributed by atoms with Crippen molar-refractivity contribution in [1.29, 1.82) is 0 Å². The first-order chi connectivity index (χ1) is 13.1. The van der Waals surface area contributed by atoms with Gasteiger partial charge in [0.2, 0.25) is 0 Å². The number of Topliss-reactive ketones (excluding diaryl/α,β-unsaturated/α-hetero) is 1. The van der Waals surface area contributed by atoms with Crippen molar-refractivity contribution in [3.63, 3.8) is 0 Å². The van der Waals surface area contributed by atoms with Crippen LogP contribution in [-0.2, 0) is 19.1 Å². The first-order valence-electron chi connectivity index (χ1n) is 11.0. The third-order valence-electron chi connectivity index (χ3n) is 7.37. The number of hydrogen-bond acceptors (Lipinski definition) is 6. The van der Waals surface area contributed by atoms with Crippen molar-refractivity contribution in [3.8, 4) is 0 Å². The van der Waals surface area contributed by atoms with Crippen LogP contribution in [0.3, 0.4) is 0 Å². The Morgan fingerprint density at radius 3 is 2.31 bits per heavy atom. The van der Waals surface area contributed by atoms with E-state index in [9.17, 15) is 19.8 Å². The predicted molar refractivity (Wildman–Crippen MR) is 110 cm³/mol. The van der Waals surface area contributed by atoms with Gasteiger partial charge >= 0.3 is 5.97 Å². The second-order valence-electron chi connectivity index (χ2n) is 10.7. The summed E-state index contributed by atoms with van der Waals surface area (Å²) in [5.41, 5.74) is -2.21. The average molecular weight is 413 g/mol. The average Bonchev–Trinajstić information content (AvgIpc) is 2.89. The number of hydrogen-bond donors (Lipinski definition) is 2. The van der Waals surface area contributed by atoms with Gasteiger partial charge in [-0.3, -0.25) is 9.59 Å². The Hall–Kier alpha value is -0.980. The molecule has 6 heteroatoms. The fourth-order valence-corrected chi connectivity index (χ4v) is 5.56. The molecule has 29 heavy (non-hydrogen) atoms. The molecule has 0 aromatic heterocycles. The second-order valence-corrected chi connectivity index (χ2v) is 10.7. The molecular weight excluding hydrogens is 372 g/mol. The Morgan fingerprint density at radius 2 is 1.79 bits per heavy atom. The summed E-state index contributed by atoms with van der Waals surface area (Å²) in [5.74, 6) is -1.68. The third kappa shape index (κ3) is 4.70. The summed E-state index contributed by atoms with van der Waals surface area (Å²) in [6.07, 6.45) is -1.24. The maximum absolute atomic E-state index is 12.6. The summed E-state index contributed by atoms with van der Waals surface area (Å²) in [5, 5.41) is 22.8. The van der Waals surface area contributed by atoms with Gasteiger partial charge < -0.3 is 19.7 Å². The van der Waals surface area contributed by atoms with Crippen LogP contribution in [0, 0.1) is 23.2 Å². The molecule has 2 aliphatic heterocycles. The lowest BCUT2D eigenvalue weighted by Crippen LogP contribution is -2.57. The molecule has 0 aromatic rings.